The van der Waals surface area contributed by atoms with Crippen LogP contribution in [0, 0.1) is 0 Å². The number of nitrogens with zero attached hydrogens (tertiary/aromatic N) is 3. The van der Waals surface area contributed by atoms with Gasteiger partial charge < -0.3 is 19.9 Å². The average Bonchev–Trinajstić information content (AvgIpc) is 3.22. The van der Waals surface area contributed by atoms with Crippen molar-refractivity contribution in [3.05, 3.63) is 107 Å². The van der Waals surface area contributed by atoms with Crippen LogP contribution in [0.25, 0.3) is 11.0 Å². The van der Waals surface area contributed by atoms with Crippen molar-refractivity contribution in [2.24, 2.45) is 7.05 Å². The zero-order valence-corrected chi connectivity index (χ0v) is 21.9. The lowest BCUT2D eigenvalue weighted by atomic mass is 10.1. The lowest BCUT2D eigenvalue weighted by Crippen LogP contribution is -2.25. The summed E-state index contributed by atoms with van der Waals surface area (Å²) in [4.78, 5) is 21.5. The number of benzene rings is 3. The van der Waals surface area contributed by atoms with Gasteiger partial charge in [0.2, 0.25) is 5.95 Å². The van der Waals surface area contributed by atoms with Gasteiger partial charge in [0, 0.05) is 42.1 Å². The first-order valence-corrected chi connectivity index (χ1v) is 12.8. The fourth-order valence-electron chi connectivity index (χ4n) is 3.98. The van der Waals surface area contributed by atoms with E-state index >= 15 is 0 Å². The van der Waals surface area contributed by atoms with Crippen molar-refractivity contribution in [2.75, 3.05) is 11.9 Å². The fraction of sp³-hybridized carbons (Fsp3) is 0.138. The summed E-state index contributed by atoms with van der Waals surface area (Å²) in [6.45, 7) is 0.577. The minimum Gasteiger partial charge on any atom is -0.457 e. The molecule has 0 spiro atoms. The molecule has 0 atom stereocenters. The van der Waals surface area contributed by atoms with Crippen LogP contribution in [0.1, 0.15) is 22.5 Å². The molecule has 0 unspecified atom stereocenters. The Hall–Kier alpha value is -4.17. The number of fused-ring (bicyclic) bond motifs is 1. The average molecular weight is 556 g/mol. The Bertz CT molecular complexity index is 1520. The molecule has 0 saturated heterocycles. The molecule has 5 rings (SSSR count). The number of hydrogen-bond donors (Lipinski definition) is 2. The van der Waals surface area contributed by atoms with Gasteiger partial charge in [-0.2, -0.15) is 0 Å². The Labute approximate surface area is 223 Å². The van der Waals surface area contributed by atoms with Crippen LogP contribution in [0.5, 0.6) is 11.5 Å². The van der Waals surface area contributed by atoms with E-state index in [9.17, 15) is 4.79 Å². The van der Waals surface area contributed by atoms with Gasteiger partial charge >= 0.3 is 0 Å². The number of anilines is 2. The highest BCUT2D eigenvalue weighted by Crippen LogP contribution is 2.28. The van der Waals surface area contributed by atoms with E-state index in [1.807, 2.05) is 72.3 Å². The Morgan fingerprint density at radius 1 is 0.973 bits per heavy atom. The van der Waals surface area contributed by atoms with Gasteiger partial charge in [-0.05, 0) is 60.9 Å². The predicted molar refractivity (Wildman–Crippen MR) is 150 cm³/mol. The summed E-state index contributed by atoms with van der Waals surface area (Å²) in [5, 5.41) is 6.28. The molecule has 0 fully saturated rings. The standard InChI is InChI=1S/C29H26BrN5O2/c1-35-27-14-13-23(18-25(27)34-29(35)33-22-11-9-21(30)10-12-22)37-24-15-17-31-26(19-24)28(36)32-16-5-8-20-6-3-2-4-7-20/h2-4,6-7,9-15,17-19H,5,8,16H2,1H3,(H,32,36)(H,33,34). The zero-order chi connectivity index (χ0) is 25.6. The molecule has 0 aliphatic heterocycles. The smallest absolute Gasteiger partial charge is 0.270 e. The molecule has 186 valence electrons. The van der Waals surface area contributed by atoms with E-state index < -0.39 is 0 Å². The van der Waals surface area contributed by atoms with E-state index in [-0.39, 0.29) is 5.91 Å². The molecular weight excluding hydrogens is 530 g/mol. The molecule has 0 aliphatic carbocycles. The predicted octanol–water partition coefficient (Wildman–Crippen LogP) is 6.63. The SMILES string of the molecule is Cn1c(Nc2ccc(Br)cc2)nc2cc(Oc3ccnc(C(=O)NCCCc4ccccc4)c3)ccc21. The molecule has 2 aromatic heterocycles. The van der Waals surface area contributed by atoms with Gasteiger partial charge in [0.25, 0.3) is 5.91 Å². The van der Waals surface area contributed by atoms with Crippen molar-refractivity contribution in [1.82, 2.24) is 19.9 Å². The van der Waals surface area contributed by atoms with E-state index in [1.165, 1.54) is 5.56 Å². The van der Waals surface area contributed by atoms with Crippen LogP contribution >= 0.6 is 15.9 Å². The van der Waals surface area contributed by atoms with Gasteiger partial charge in [-0.3, -0.25) is 9.78 Å². The highest BCUT2D eigenvalue weighted by molar-refractivity contribution is 9.10. The molecule has 0 bridgehead atoms. The number of nitrogens with one attached hydrogen (secondary N) is 2. The number of carbonyl (C=O) groups is 1. The van der Waals surface area contributed by atoms with Crippen molar-refractivity contribution in [2.45, 2.75) is 12.8 Å². The van der Waals surface area contributed by atoms with E-state index in [0.717, 1.165) is 40.0 Å². The van der Waals surface area contributed by atoms with Crippen LogP contribution < -0.4 is 15.4 Å². The number of ether oxygens (including phenoxy) is 1. The largest absolute Gasteiger partial charge is 0.457 e. The monoisotopic (exact) mass is 555 g/mol. The normalized spacial score (nSPS) is 10.9. The Morgan fingerprint density at radius 2 is 1.76 bits per heavy atom. The number of hydrogen-bond acceptors (Lipinski definition) is 5. The molecule has 1 amide bonds. The molecule has 3 aromatic carbocycles. The maximum absolute atomic E-state index is 12.6. The highest BCUT2D eigenvalue weighted by atomic mass is 79.9. The van der Waals surface area contributed by atoms with E-state index in [4.69, 9.17) is 9.72 Å². The van der Waals surface area contributed by atoms with Crippen LogP contribution in [0.4, 0.5) is 11.6 Å². The lowest BCUT2D eigenvalue weighted by molar-refractivity contribution is 0.0948. The quantitative estimate of drug-likeness (QED) is 0.199. The first-order chi connectivity index (χ1) is 18.0. The number of pyridine rings is 1. The molecule has 7 nitrogen and oxygen atoms in total. The summed E-state index contributed by atoms with van der Waals surface area (Å²) >= 11 is 3.45. The maximum Gasteiger partial charge on any atom is 0.270 e. The highest BCUT2D eigenvalue weighted by Gasteiger charge is 2.12. The van der Waals surface area contributed by atoms with E-state index in [2.05, 4.69) is 43.7 Å². The Kier molecular flexibility index (Phi) is 7.46. The third kappa shape index (κ3) is 6.16. The maximum atomic E-state index is 12.6. The van der Waals surface area contributed by atoms with E-state index in [0.29, 0.717) is 23.7 Å². The Morgan fingerprint density at radius 3 is 2.57 bits per heavy atom. The number of rotatable bonds is 9. The number of imidazole rings is 1. The van der Waals surface area contributed by atoms with E-state index in [1.54, 1.807) is 18.3 Å². The first-order valence-electron chi connectivity index (χ1n) is 12.0. The number of amides is 1. The summed E-state index contributed by atoms with van der Waals surface area (Å²) in [7, 11) is 1.96. The molecule has 5 aromatic rings. The summed E-state index contributed by atoms with van der Waals surface area (Å²) in [6.07, 6.45) is 3.34. The Balaban J connectivity index is 1.22. The van der Waals surface area contributed by atoms with Gasteiger partial charge in [0.05, 0.1) is 11.0 Å². The number of aryl methyl sites for hydroxylation is 2. The summed E-state index contributed by atoms with van der Waals surface area (Å²) < 4.78 is 9.06. The summed E-state index contributed by atoms with van der Waals surface area (Å²) in [5.74, 6) is 1.67. The molecule has 37 heavy (non-hydrogen) atoms. The van der Waals surface area contributed by atoms with Crippen LogP contribution in [-0.2, 0) is 13.5 Å². The third-order valence-electron chi connectivity index (χ3n) is 5.92. The molecule has 0 aliphatic rings. The van der Waals surface area contributed by atoms with Gasteiger partial charge in [-0.25, -0.2) is 4.98 Å². The minimum absolute atomic E-state index is 0.220. The second-order valence-electron chi connectivity index (χ2n) is 8.60. The third-order valence-corrected chi connectivity index (χ3v) is 6.45. The number of carbonyl (C=O) groups excluding carboxylic acids is 1. The second kappa shape index (κ2) is 11.3. The molecule has 0 saturated carbocycles. The van der Waals surface area contributed by atoms with Crippen molar-refractivity contribution in [3.63, 3.8) is 0 Å². The van der Waals surface area contributed by atoms with Crippen LogP contribution in [0.2, 0.25) is 0 Å². The van der Waals surface area contributed by atoms with Crippen LogP contribution in [0.15, 0.2) is 95.6 Å². The van der Waals surface area contributed by atoms with Gasteiger partial charge in [0.15, 0.2) is 0 Å². The lowest BCUT2D eigenvalue weighted by Gasteiger charge is -2.08. The molecule has 2 heterocycles. The minimum atomic E-state index is -0.220. The molecule has 8 heteroatoms. The van der Waals surface area contributed by atoms with Crippen LogP contribution in [-0.4, -0.2) is 27.0 Å². The topological polar surface area (TPSA) is 81.1 Å². The molecule has 2 N–H and O–H groups in total. The molecule has 0 radical (unpaired) electrons. The second-order valence-corrected chi connectivity index (χ2v) is 9.52. The van der Waals surface area contributed by atoms with Crippen molar-refractivity contribution in [3.8, 4) is 11.5 Å². The first kappa shape index (κ1) is 24.5. The van der Waals surface area contributed by atoms with Crippen molar-refractivity contribution in [1.29, 1.82) is 0 Å². The summed E-state index contributed by atoms with van der Waals surface area (Å²) in [5.41, 5.74) is 4.28. The van der Waals surface area contributed by atoms with Gasteiger partial charge in [-0.1, -0.05) is 46.3 Å². The number of halogens is 1. The summed E-state index contributed by atoms with van der Waals surface area (Å²) in [6, 6.07) is 27.3. The zero-order valence-electron chi connectivity index (χ0n) is 20.3. The van der Waals surface area contributed by atoms with Gasteiger partial charge in [0.1, 0.15) is 17.2 Å². The molecular formula is C29H26BrN5O2. The van der Waals surface area contributed by atoms with Crippen LogP contribution in [0.3, 0.4) is 0 Å². The van der Waals surface area contributed by atoms with Gasteiger partial charge in [-0.15, -0.1) is 0 Å². The number of aromatic nitrogens is 3. The fourth-order valence-corrected chi connectivity index (χ4v) is 4.25. The van der Waals surface area contributed by atoms with Crippen molar-refractivity contribution < 1.29 is 9.53 Å². The van der Waals surface area contributed by atoms with Crippen molar-refractivity contribution >= 4 is 44.5 Å².